The average molecular weight is 449 g/mol. The maximum absolute atomic E-state index is 12.9. The van der Waals surface area contributed by atoms with Crippen molar-refractivity contribution in [2.75, 3.05) is 13.1 Å². The number of sulfonamides is 1. The molecule has 2 aromatic rings. The van der Waals surface area contributed by atoms with Gasteiger partial charge in [0.05, 0.1) is 5.92 Å². The number of ketones is 1. The van der Waals surface area contributed by atoms with E-state index in [1.165, 1.54) is 4.31 Å². The molecule has 0 spiro atoms. The molecule has 1 atom stereocenters. The predicted octanol–water partition coefficient (Wildman–Crippen LogP) is 3.07. The van der Waals surface area contributed by atoms with Gasteiger partial charge in [0.1, 0.15) is 10.6 Å². The molecule has 1 aliphatic heterocycles. The van der Waals surface area contributed by atoms with Gasteiger partial charge in [-0.15, -0.1) is 0 Å². The largest absolute Gasteiger partial charge is 0.454 e. The molecule has 0 amide bonds. The van der Waals surface area contributed by atoms with Gasteiger partial charge in [-0.25, -0.2) is 8.42 Å². The molecule has 0 aliphatic carbocycles. The molecule has 31 heavy (non-hydrogen) atoms. The Balaban J connectivity index is 1.58. The number of aryl methyl sites for hydroxylation is 3. The Kier molecular flexibility index (Phi) is 6.96. The van der Waals surface area contributed by atoms with E-state index in [-0.39, 0.29) is 29.5 Å². The summed E-state index contributed by atoms with van der Waals surface area (Å²) in [6.45, 7) is 7.12. The highest BCUT2D eigenvalue weighted by Crippen LogP contribution is 2.28. The van der Waals surface area contributed by atoms with Crippen molar-refractivity contribution in [2.45, 2.75) is 58.0 Å². The van der Waals surface area contributed by atoms with Crippen LogP contribution in [0.5, 0.6) is 0 Å². The molecular weight excluding hydrogens is 420 g/mol. The van der Waals surface area contributed by atoms with E-state index in [1.807, 2.05) is 19.1 Å². The fraction of sp³-hybridized carbons (Fsp3) is 0.500. The Morgan fingerprint density at radius 3 is 2.32 bits per heavy atom. The molecule has 1 aliphatic rings. The maximum atomic E-state index is 12.9. The van der Waals surface area contributed by atoms with Crippen molar-refractivity contribution in [3.63, 3.8) is 0 Å². The fourth-order valence-electron chi connectivity index (χ4n) is 3.77. The highest BCUT2D eigenvalue weighted by atomic mass is 32.2. The number of carbonyl (C=O) groups excluding carboxylic acids is 2. The first-order valence-corrected chi connectivity index (χ1v) is 11.9. The lowest BCUT2D eigenvalue weighted by Gasteiger charge is -2.30. The summed E-state index contributed by atoms with van der Waals surface area (Å²) in [6, 6.07) is 7.25. The lowest BCUT2D eigenvalue weighted by Crippen LogP contribution is -2.41. The summed E-state index contributed by atoms with van der Waals surface area (Å²) in [5, 5.41) is 3.72. The zero-order chi connectivity index (χ0) is 22.8. The third kappa shape index (κ3) is 4.88. The molecule has 168 valence electrons. The van der Waals surface area contributed by atoms with E-state index in [1.54, 1.807) is 32.9 Å². The SMILES string of the molecule is CCc1ccc(C(=O)[C@@H](C)OC(=O)C2CCN(S(=O)(=O)c3c(C)noc3C)CC2)cc1. The minimum absolute atomic E-state index is 0.0850. The van der Waals surface area contributed by atoms with Crippen LogP contribution in [-0.4, -0.2) is 48.8 Å². The van der Waals surface area contributed by atoms with Crippen molar-refractivity contribution < 1.29 is 27.3 Å². The predicted molar refractivity (Wildman–Crippen MR) is 113 cm³/mol. The Morgan fingerprint density at radius 2 is 1.81 bits per heavy atom. The number of hydrogen-bond acceptors (Lipinski definition) is 7. The molecule has 3 rings (SSSR count). The van der Waals surface area contributed by atoms with Crippen molar-refractivity contribution in [1.82, 2.24) is 9.46 Å². The summed E-state index contributed by atoms with van der Waals surface area (Å²) < 4.78 is 37.5. The third-order valence-corrected chi connectivity index (χ3v) is 7.81. The zero-order valence-corrected chi connectivity index (χ0v) is 19.1. The summed E-state index contributed by atoms with van der Waals surface area (Å²) in [6.07, 6.45) is 0.633. The number of rotatable bonds is 7. The smallest absolute Gasteiger partial charge is 0.309 e. The number of Topliss-reactive ketones (excluding diaryl/α,β-unsaturated/α-hetero) is 1. The normalized spacial score (nSPS) is 16.8. The number of hydrogen-bond donors (Lipinski definition) is 0. The summed E-state index contributed by atoms with van der Waals surface area (Å²) in [7, 11) is -3.74. The molecule has 0 radical (unpaired) electrons. The van der Waals surface area contributed by atoms with Crippen LogP contribution < -0.4 is 0 Å². The standard InChI is InChI=1S/C22H28N2O6S/c1-5-17-6-8-18(9-7-17)20(25)15(3)29-22(26)19-10-12-24(13-11-19)31(27,28)21-14(2)23-30-16(21)4/h6-9,15,19H,5,10-13H2,1-4H3/t15-/m1/s1. The van der Waals surface area contributed by atoms with Crippen molar-refractivity contribution >= 4 is 21.8 Å². The zero-order valence-electron chi connectivity index (χ0n) is 18.3. The van der Waals surface area contributed by atoms with E-state index in [0.717, 1.165) is 12.0 Å². The van der Waals surface area contributed by atoms with Gasteiger partial charge in [0.15, 0.2) is 11.9 Å². The molecule has 0 N–H and O–H groups in total. The first-order chi connectivity index (χ1) is 14.6. The van der Waals surface area contributed by atoms with Crippen LogP contribution in [0.3, 0.4) is 0 Å². The van der Waals surface area contributed by atoms with Gasteiger partial charge in [-0.3, -0.25) is 9.59 Å². The van der Waals surface area contributed by atoms with Crippen molar-refractivity contribution in [1.29, 1.82) is 0 Å². The second-order valence-electron chi connectivity index (χ2n) is 7.83. The van der Waals surface area contributed by atoms with Gasteiger partial charge in [-0.05, 0) is 45.6 Å². The van der Waals surface area contributed by atoms with Gasteiger partial charge in [0.2, 0.25) is 15.8 Å². The molecule has 1 fully saturated rings. The van der Waals surface area contributed by atoms with Crippen LogP contribution in [0.2, 0.25) is 0 Å². The van der Waals surface area contributed by atoms with Crippen LogP contribution in [0.25, 0.3) is 0 Å². The summed E-state index contributed by atoms with van der Waals surface area (Å²) in [4.78, 5) is 25.2. The average Bonchev–Trinajstić information content (AvgIpc) is 3.11. The van der Waals surface area contributed by atoms with E-state index in [0.29, 0.717) is 24.1 Å². The minimum Gasteiger partial charge on any atom is -0.454 e. The van der Waals surface area contributed by atoms with Gasteiger partial charge < -0.3 is 9.26 Å². The van der Waals surface area contributed by atoms with Gasteiger partial charge in [0, 0.05) is 18.7 Å². The van der Waals surface area contributed by atoms with Gasteiger partial charge in [-0.2, -0.15) is 4.31 Å². The van der Waals surface area contributed by atoms with E-state index in [4.69, 9.17) is 9.26 Å². The highest BCUT2D eigenvalue weighted by Gasteiger charge is 2.36. The molecule has 0 saturated carbocycles. The van der Waals surface area contributed by atoms with Crippen LogP contribution in [0.15, 0.2) is 33.7 Å². The monoisotopic (exact) mass is 448 g/mol. The molecule has 1 aromatic heterocycles. The van der Waals surface area contributed by atoms with E-state index >= 15 is 0 Å². The number of piperidine rings is 1. The van der Waals surface area contributed by atoms with Crippen molar-refractivity contribution in [3.05, 3.63) is 46.8 Å². The number of aromatic nitrogens is 1. The Labute approximate surface area is 182 Å². The summed E-state index contributed by atoms with van der Waals surface area (Å²) in [5.74, 6) is -0.929. The van der Waals surface area contributed by atoms with Gasteiger partial charge in [0.25, 0.3) is 0 Å². The number of benzene rings is 1. The number of nitrogens with zero attached hydrogens (tertiary/aromatic N) is 2. The number of esters is 1. The first-order valence-electron chi connectivity index (χ1n) is 10.4. The molecular formula is C22H28N2O6S. The molecule has 0 bridgehead atoms. The second kappa shape index (κ2) is 9.32. The van der Waals surface area contributed by atoms with Crippen LogP contribution in [0, 0.1) is 19.8 Å². The van der Waals surface area contributed by atoms with Crippen LogP contribution >= 0.6 is 0 Å². The van der Waals surface area contributed by atoms with Gasteiger partial charge in [-0.1, -0.05) is 36.3 Å². The summed E-state index contributed by atoms with van der Waals surface area (Å²) in [5.41, 5.74) is 1.94. The van der Waals surface area contributed by atoms with E-state index in [9.17, 15) is 18.0 Å². The lowest BCUT2D eigenvalue weighted by atomic mass is 9.98. The highest BCUT2D eigenvalue weighted by molar-refractivity contribution is 7.89. The van der Waals surface area contributed by atoms with E-state index < -0.39 is 28.0 Å². The molecule has 0 unspecified atom stereocenters. The second-order valence-corrected chi connectivity index (χ2v) is 9.70. The number of carbonyl (C=O) groups is 2. The number of ether oxygens (including phenoxy) is 1. The molecule has 2 heterocycles. The summed E-state index contributed by atoms with van der Waals surface area (Å²) >= 11 is 0. The maximum Gasteiger partial charge on any atom is 0.309 e. The Hall–Kier alpha value is -2.52. The van der Waals surface area contributed by atoms with Crippen molar-refractivity contribution in [2.24, 2.45) is 5.92 Å². The Morgan fingerprint density at radius 1 is 1.19 bits per heavy atom. The lowest BCUT2D eigenvalue weighted by molar-refractivity contribution is -0.152. The Bertz CT molecular complexity index is 1030. The quantitative estimate of drug-likeness (QED) is 0.473. The molecule has 9 heteroatoms. The third-order valence-electron chi connectivity index (χ3n) is 5.66. The molecule has 1 aromatic carbocycles. The minimum atomic E-state index is -3.74. The topological polar surface area (TPSA) is 107 Å². The van der Waals surface area contributed by atoms with Crippen LogP contribution in [-0.2, 0) is 26.0 Å². The molecule has 8 nitrogen and oxygen atoms in total. The van der Waals surface area contributed by atoms with E-state index in [2.05, 4.69) is 5.16 Å². The van der Waals surface area contributed by atoms with Crippen molar-refractivity contribution in [3.8, 4) is 0 Å². The van der Waals surface area contributed by atoms with Crippen LogP contribution in [0.4, 0.5) is 0 Å². The molecule has 1 saturated heterocycles. The first kappa shape index (κ1) is 23.1. The van der Waals surface area contributed by atoms with Crippen LogP contribution in [0.1, 0.15) is 54.1 Å². The fourth-order valence-corrected chi connectivity index (χ4v) is 5.53. The van der Waals surface area contributed by atoms with Gasteiger partial charge >= 0.3 is 5.97 Å².